The van der Waals surface area contributed by atoms with Gasteiger partial charge in [-0.2, -0.15) is 0 Å². The first-order chi connectivity index (χ1) is 7.56. The Bertz CT molecular complexity index is 344. The minimum absolute atomic E-state index is 0.0596. The minimum atomic E-state index is -0.826. The smallest absolute Gasteiger partial charge is 0.130 e. The molecule has 0 heterocycles. The van der Waals surface area contributed by atoms with Crippen molar-refractivity contribution in [3.8, 4) is 0 Å². The van der Waals surface area contributed by atoms with Crippen LogP contribution in [-0.2, 0) is 4.74 Å². The molecule has 4 heteroatoms. The third-order valence-corrected chi connectivity index (χ3v) is 2.83. The summed E-state index contributed by atoms with van der Waals surface area (Å²) in [6.07, 6.45) is -0.146. The summed E-state index contributed by atoms with van der Waals surface area (Å²) in [5.41, 5.74) is 0.285. The molecule has 2 atom stereocenters. The van der Waals surface area contributed by atoms with Crippen LogP contribution in [0.1, 0.15) is 25.0 Å². The van der Waals surface area contributed by atoms with E-state index in [0.29, 0.717) is 18.1 Å². The van der Waals surface area contributed by atoms with E-state index in [1.807, 2.05) is 6.92 Å². The van der Waals surface area contributed by atoms with Gasteiger partial charge in [0.15, 0.2) is 0 Å². The van der Waals surface area contributed by atoms with Gasteiger partial charge >= 0.3 is 0 Å². The van der Waals surface area contributed by atoms with E-state index >= 15 is 0 Å². The molecular weight excluding hydrogens is 231 g/mol. The van der Waals surface area contributed by atoms with Crippen molar-refractivity contribution in [2.75, 3.05) is 13.7 Å². The zero-order valence-corrected chi connectivity index (χ0v) is 10.2. The molecule has 2 unspecified atom stereocenters. The van der Waals surface area contributed by atoms with Crippen molar-refractivity contribution < 1.29 is 14.2 Å². The molecular formula is C12H16ClFO2. The van der Waals surface area contributed by atoms with E-state index in [9.17, 15) is 9.50 Å². The molecule has 16 heavy (non-hydrogen) atoms. The highest BCUT2D eigenvalue weighted by atomic mass is 35.5. The Labute approximate surface area is 100.0 Å². The SMILES string of the molecule is COCCC(C)C(O)c1ccc(Cl)cc1F. The maximum atomic E-state index is 13.5. The lowest BCUT2D eigenvalue weighted by Gasteiger charge is -2.19. The van der Waals surface area contributed by atoms with Crippen LogP contribution < -0.4 is 0 Å². The van der Waals surface area contributed by atoms with Crippen molar-refractivity contribution in [1.29, 1.82) is 0 Å². The fourth-order valence-corrected chi connectivity index (χ4v) is 1.67. The number of benzene rings is 1. The van der Waals surface area contributed by atoms with Crippen molar-refractivity contribution in [3.05, 3.63) is 34.6 Å². The van der Waals surface area contributed by atoms with Gasteiger partial charge in [0.05, 0.1) is 6.10 Å². The summed E-state index contributed by atoms with van der Waals surface area (Å²) in [6.45, 7) is 2.41. The average Bonchev–Trinajstić information content (AvgIpc) is 2.25. The lowest BCUT2D eigenvalue weighted by Crippen LogP contribution is -2.12. The van der Waals surface area contributed by atoms with Gasteiger partial charge in [-0.05, 0) is 24.5 Å². The largest absolute Gasteiger partial charge is 0.388 e. The Hall–Kier alpha value is -0.640. The van der Waals surface area contributed by atoms with Gasteiger partial charge < -0.3 is 9.84 Å². The van der Waals surface area contributed by atoms with E-state index in [2.05, 4.69) is 0 Å². The first-order valence-electron chi connectivity index (χ1n) is 5.18. The van der Waals surface area contributed by atoms with Crippen LogP contribution in [0.15, 0.2) is 18.2 Å². The van der Waals surface area contributed by atoms with Crippen LogP contribution in [0.2, 0.25) is 5.02 Å². The summed E-state index contributed by atoms with van der Waals surface area (Å²) in [5, 5.41) is 10.3. The molecule has 1 N–H and O–H groups in total. The summed E-state index contributed by atoms with van der Waals surface area (Å²) in [5.74, 6) is -0.528. The summed E-state index contributed by atoms with van der Waals surface area (Å²) < 4.78 is 18.4. The van der Waals surface area contributed by atoms with Crippen molar-refractivity contribution in [1.82, 2.24) is 0 Å². The van der Waals surface area contributed by atoms with Crippen molar-refractivity contribution in [2.24, 2.45) is 5.92 Å². The highest BCUT2D eigenvalue weighted by molar-refractivity contribution is 6.30. The predicted octanol–water partition coefficient (Wildman–Crippen LogP) is 3.19. The zero-order valence-electron chi connectivity index (χ0n) is 9.41. The first kappa shape index (κ1) is 13.4. The molecule has 0 radical (unpaired) electrons. The molecule has 90 valence electrons. The van der Waals surface area contributed by atoms with Crippen molar-refractivity contribution in [3.63, 3.8) is 0 Å². The monoisotopic (exact) mass is 246 g/mol. The number of halogens is 2. The predicted molar refractivity (Wildman–Crippen MR) is 62.0 cm³/mol. The molecule has 0 fully saturated rings. The van der Waals surface area contributed by atoms with Crippen LogP contribution in [0, 0.1) is 11.7 Å². The molecule has 0 spiro atoms. The average molecular weight is 247 g/mol. The molecule has 2 nitrogen and oxygen atoms in total. The second kappa shape index (κ2) is 6.18. The van der Waals surface area contributed by atoms with Gasteiger partial charge in [0.25, 0.3) is 0 Å². The van der Waals surface area contributed by atoms with Gasteiger partial charge in [0.2, 0.25) is 0 Å². The van der Waals surface area contributed by atoms with Gasteiger partial charge in [-0.25, -0.2) is 4.39 Å². The summed E-state index contributed by atoms with van der Waals surface area (Å²) >= 11 is 5.64. The van der Waals surface area contributed by atoms with E-state index < -0.39 is 11.9 Å². The summed E-state index contributed by atoms with van der Waals surface area (Å²) in [7, 11) is 1.60. The number of aliphatic hydroxyl groups is 1. The number of methoxy groups -OCH3 is 1. The van der Waals surface area contributed by atoms with Crippen LogP contribution in [0.3, 0.4) is 0 Å². The molecule has 0 bridgehead atoms. The zero-order chi connectivity index (χ0) is 12.1. The summed E-state index contributed by atoms with van der Waals surface area (Å²) in [6, 6.07) is 4.31. The number of aliphatic hydroxyl groups excluding tert-OH is 1. The van der Waals surface area contributed by atoms with Crippen LogP contribution in [0.4, 0.5) is 4.39 Å². The molecule has 0 aliphatic carbocycles. The van der Waals surface area contributed by atoms with E-state index in [4.69, 9.17) is 16.3 Å². The van der Waals surface area contributed by atoms with Crippen LogP contribution in [-0.4, -0.2) is 18.8 Å². The van der Waals surface area contributed by atoms with Crippen LogP contribution in [0.5, 0.6) is 0 Å². The lowest BCUT2D eigenvalue weighted by molar-refractivity contribution is 0.0859. The molecule has 0 aliphatic heterocycles. The fraction of sp³-hybridized carbons (Fsp3) is 0.500. The Kier molecular flexibility index (Phi) is 5.19. The van der Waals surface area contributed by atoms with Crippen molar-refractivity contribution in [2.45, 2.75) is 19.4 Å². The topological polar surface area (TPSA) is 29.5 Å². The quantitative estimate of drug-likeness (QED) is 0.865. The Balaban J connectivity index is 2.75. The van der Waals surface area contributed by atoms with Crippen molar-refractivity contribution >= 4 is 11.6 Å². The first-order valence-corrected chi connectivity index (χ1v) is 5.56. The third-order valence-electron chi connectivity index (χ3n) is 2.60. The van der Waals surface area contributed by atoms with E-state index in [1.165, 1.54) is 12.1 Å². The minimum Gasteiger partial charge on any atom is -0.388 e. The lowest BCUT2D eigenvalue weighted by atomic mass is 9.94. The molecule has 0 aromatic heterocycles. The van der Waals surface area contributed by atoms with Gasteiger partial charge in [-0.3, -0.25) is 0 Å². The maximum Gasteiger partial charge on any atom is 0.130 e. The molecule has 1 aromatic rings. The normalized spacial score (nSPS) is 14.8. The second-order valence-electron chi connectivity index (χ2n) is 3.87. The molecule has 0 aliphatic rings. The number of hydrogen-bond donors (Lipinski definition) is 1. The standard InChI is InChI=1S/C12H16ClFO2/c1-8(5-6-16-2)12(15)10-4-3-9(13)7-11(10)14/h3-4,7-8,12,15H,5-6H2,1-2H3. The molecule has 1 rings (SSSR count). The molecule has 1 aromatic carbocycles. The van der Waals surface area contributed by atoms with Gasteiger partial charge in [0.1, 0.15) is 5.82 Å². The molecule has 0 saturated heterocycles. The van der Waals surface area contributed by atoms with Crippen LogP contribution in [0.25, 0.3) is 0 Å². The third kappa shape index (κ3) is 3.44. The highest BCUT2D eigenvalue weighted by Gasteiger charge is 2.19. The van der Waals surface area contributed by atoms with Crippen LogP contribution >= 0.6 is 11.6 Å². The van der Waals surface area contributed by atoms with E-state index in [-0.39, 0.29) is 11.5 Å². The maximum absolute atomic E-state index is 13.5. The molecule has 0 saturated carbocycles. The molecule has 0 amide bonds. The Morgan fingerprint density at radius 3 is 2.75 bits per heavy atom. The Morgan fingerprint density at radius 2 is 2.19 bits per heavy atom. The van der Waals surface area contributed by atoms with E-state index in [0.717, 1.165) is 0 Å². The fourth-order valence-electron chi connectivity index (χ4n) is 1.51. The Morgan fingerprint density at radius 1 is 1.50 bits per heavy atom. The van der Waals surface area contributed by atoms with Gasteiger partial charge in [0, 0.05) is 24.3 Å². The number of ether oxygens (including phenoxy) is 1. The second-order valence-corrected chi connectivity index (χ2v) is 4.31. The van der Waals surface area contributed by atoms with Gasteiger partial charge in [-0.15, -0.1) is 0 Å². The van der Waals surface area contributed by atoms with Gasteiger partial charge in [-0.1, -0.05) is 24.6 Å². The number of hydrogen-bond acceptors (Lipinski definition) is 2. The summed E-state index contributed by atoms with van der Waals surface area (Å²) in [4.78, 5) is 0. The number of rotatable bonds is 5. The van der Waals surface area contributed by atoms with E-state index in [1.54, 1.807) is 13.2 Å². The highest BCUT2D eigenvalue weighted by Crippen LogP contribution is 2.27.